The summed E-state index contributed by atoms with van der Waals surface area (Å²) in [6.07, 6.45) is 0. The lowest BCUT2D eigenvalue weighted by atomic mass is 10.0. The van der Waals surface area contributed by atoms with E-state index in [9.17, 15) is 4.39 Å². The number of anilines is 1. The van der Waals surface area contributed by atoms with E-state index in [0.717, 1.165) is 38.4 Å². The van der Waals surface area contributed by atoms with Crippen LogP contribution >= 0.6 is 0 Å². The van der Waals surface area contributed by atoms with Gasteiger partial charge in [0.05, 0.1) is 0 Å². The summed E-state index contributed by atoms with van der Waals surface area (Å²) in [5, 5.41) is 0. The fraction of sp³-hybridized carbons (Fsp3) is 0.625. The Labute approximate surface area is 121 Å². The van der Waals surface area contributed by atoms with E-state index in [1.807, 2.05) is 13.0 Å². The van der Waals surface area contributed by atoms with Crippen LogP contribution in [0, 0.1) is 11.7 Å². The zero-order valence-electron chi connectivity index (χ0n) is 12.8. The average Bonchev–Trinajstić information content (AvgIpc) is 2.38. The van der Waals surface area contributed by atoms with Crippen LogP contribution in [0.2, 0.25) is 0 Å². The van der Waals surface area contributed by atoms with Gasteiger partial charge in [-0.15, -0.1) is 0 Å². The second-order valence-corrected chi connectivity index (χ2v) is 6.14. The number of nitrogens with zero attached hydrogens (tertiary/aromatic N) is 2. The Morgan fingerprint density at radius 3 is 2.35 bits per heavy atom. The molecule has 0 aliphatic carbocycles. The fourth-order valence-corrected chi connectivity index (χ4v) is 2.94. The molecule has 1 atom stereocenters. The molecule has 1 aromatic rings. The molecule has 0 bridgehead atoms. The predicted molar refractivity (Wildman–Crippen MR) is 82.5 cm³/mol. The number of nitrogens with two attached hydrogens (primary N) is 1. The molecule has 2 N–H and O–H groups in total. The first-order valence-corrected chi connectivity index (χ1v) is 7.50. The number of benzene rings is 1. The van der Waals surface area contributed by atoms with E-state index in [1.54, 1.807) is 6.07 Å². The number of rotatable bonds is 4. The summed E-state index contributed by atoms with van der Waals surface area (Å²) in [6, 6.07) is 4.98. The SMILES string of the molecule is CC(C)CN1CCN(c2cccc(F)c2C(C)N)CC1. The van der Waals surface area contributed by atoms with Gasteiger partial charge in [-0.05, 0) is 25.0 Å². The van der Waals surface area contributed by atoms with Crippen molar-refractivity contribution in [2.45, 2.75) is 26.8 Å². The fourth-order valence-electron chi connectivity index (χ4n) is 2.94. The maximum atomic E-state index is 14.0. The van der Waals surface area contributed by atoms with Crippen LogP contribution in [0.25, 0.3) is 0 Å². The van der Waals surface area contributed by atoms with Gasteiger partial charge in [-0.25, -0.2) is 4.39 Å². The van der Waals surface area contributed by atoms with Crippen LogP contribution in [-0.4, -0.2) is 37.6 Å². The molecule has 4 heteroatoms. The second-order valence-electron chi connectivity index (χ2n) is 6.14. The minimum Gasteiger partial charge on any atom is -0.369 e. The summed E-state index contributed by atoms with van der Waals surface area (Å²) >= 11 is 0. The normalized spacial score (nSPS) is 18.6. The van der Waals surface area contributed by atoms with Crippen molar-refractivity contribution in [3.63, 3.8) is 0 Å². The Morgan fingerprint density at radius 2 is 1.80 bits per heavy atom. The zero-order chi connectivity index (χ0) is 14.7. The van der Waals surface area contributed by atoms with Gasteiger partial charge in [-0.2, -0.15) is 0 Å². The highest BCUT2D eigenvalue weighted by molar-refractivity contribution is 5.55. The highest BCUT2D eigenvalue weighted by atomic mass is 19.1. The van der Waals surface area contributed by atoms with E-state index in [4.69, 9.17) is 5.73 Å². The van der Waals surface area contributed by atoms with E-state index in [-0.39, 0.29) is 11.9 Å². The molecular formula is C16H26FN3. The van der Waals surface area contributed by atoms with E-state index >= 15 is 0 Å². The molecule has 1 unspecified atom stereocenters. The molecule has 1 aliphatic heterocycles. The van der Waals surface area contributed by atoms with Gasteiger partial charge < -0.3 is 10.6 Å². The minimum absolute atomic E-state index is 0.192. The Bertz CT molecular complexity index is 437. The van der Waals surface area contributed by atoms with Crippen molar-refractivity contribution in [3.8, 4) is 0 Å². The molecular weight excluding hydrogens is 253 g/mol. The van der Waals surface area contributed by atoms with Gasteiger partial charge in [0.2, 0.25) is 0 Å². The molecule has 3 nitrogen and oxygen atoms in total. The third-order valence-electron chi connectivity index (χ3n) is 3.82. The van der Waals surface area contributed by atoms with Crippen molar-refractivity contribution < 1.29 is 4.39 Å². The summed E-state index contributed by atoms with van der Waals surface area (Å²) in [6.45, 7) is 11.4. The molecule has 0 saturated carbocycles. The molecule has 1 aromatic carbocycles. The van der Waals surface area contributed by atoms with Crippen molar-refractivity contribution >= 4 is 5.69 Å². The first kappa shape index (κ1) is 15.3. The zero-order valence-corrected chi connectivity index (χ0v) is 12.8. The summed E-state index contributed by atoms with van der Waals surface area (Å²) in [5.74, 6) is 0.498. The van der Waals surface area contributed by atoms with Gasteiger partial charge in [0.25, 0.3) is 0 Å². The van der Waals surface area contributed by atoms with Crippen molar-refractivity contribution in [2.75, 3.05) is 37.6 Å². The van der Waals surface area contributed by atoms with Crippen molar-refractivity contribution in [1.82, 2.24) is 4.90 Å². The van der Waals surface area contributed by atoms with E-state index in [0.29, 0.717) is 11.5 Å². The number of hydrogen-bond donors (Lipinski definition) is 1. The van der Waals surface area contributed by atoms with Gasteiger partial charge in [0.1, 0.15) is 5.82 Å². The lowest BCUT2D eigenvalue weighted by molar-refractivity contribution is 0.231. The molecule has 2 rings (SSSR count). The maximum Gasteiger partial charge on any atom is 0.130 e. The first-order chi connectivity index (χ1) is 9.49. The minimum atomic E-state index is -0.278. The molecule has 0 aromatic heterocycles. The lowest BCUT2D eigenvalue weighted by Crippen LogP contribution is -2.47. The maximum absolute atomic E-state index is 14.0. The van der Waals surface area contributed by atoms with Crippen LogP contribution in [0.1, 0.15) is 32.4 Å². The van der Waals surface area contributed by atoms with Gasteiger partial charge in [-0.3, -0.25) is 4.90 Å². The second kappa shape index (κ2) is 6.55. The van der Waals surface area contributed by atoms with Crippen LogP contribution in [0.5, 0.6) is 0 Å². The third kappa shape index (κ3) is 3.49. The van der Waals surface area contributed by atoms with Crippen molar-refractivity contribution in [3.05, 3.63) is 29.6 Å². The molecule has 1 saturated heterocycles. The largest absolute Gasteiger partial charge is 0.369 e. The first-order valence-electron chi connectivity index (χ1n) is 7.50. The highest BCUT2D eigenvalue weighted by Crippen LogP contribution is 2.28. The molecule has 0 amide bonds. The van der Waals surface area contributed by atoms with E-state index in [2.05, 4.69) is 23.6 Å². The van der Waals surface area contributed by atoms with Crippen LogP contribution in [0.4, 0.5) is 10.1 Å². The van der Waals surface area contributed by atoms with Crippen LogP contribution in [-0.2, 0) is 0 Å². The number of hydrogen-bond acceptors (Lipinski definition) is 3. The van der Waals surface area contributed by atoms with Gasteiger partial charge in [-0.1, -0.05) is 19.9 Å². The summed E-state index contributed by atoms with van der Waals surface area (Å²) < 4.78 is 14.0. The van der Waals surface area contributed by atoms with Gasteiger partial charge in [0.15, 0.2) is 0 Å². The van der Waals surface area contributed by atoms with E-state index < -0.39 is 0 Å². The topological polar surface area (TPSA) is 32.5 Å². The van der Waals surface area contributed by atoms with Gasteiger partial charge >= 0.3 is 0 Å². The molecule has 1 fully saturated rings. The quantitative estimate of drug-likeness (QED) is 0.919. The number of halogens is 1. The molecule has 1 heterocycles. The summed E-state index contributed by atoms with van der Waals surface area (Å²) in [7, 11) is 0. The Balaban J connectivity index is 2.09. The Morgan fingerprint density at radius 1 is 1.15 bits per heavy atom. The Hall–Kier alpha value is -1.13. The standard InChI is InChI=1S/C16H26FN3/c1-12(2)11-19-7-9-20(10-8-19)15-6-4-5-14(17)16(15)13(3)18/h4-6,12-13H,7-11,18H2,1-3H3. The predicted octanol–water partition coefficient (Wildman–Crippen LogP) is 2.62. The summed E-state index contributed by atoms with van der Waals surface area (Å²) in [5.41, 5.74) is 7.54. The highest BCUT2D eigenvalue weighted by Gasteiger charge is 2.22. The molecule has 20 heavy (non-hydrogen) atoms. The Kier molecular flexibility index (Phi) is 5.00. The molecule has 1 aliphatic rings. The smallest absolute Gasteiger partial charge is 0.130 e. The van der Waals surface area contributed by atoms with Crippen molar-refractivity contribution in [2.24, 2.45) is 11.7 Å². The van der Waals surface area contributed by atoms with Gasteiger partial charge in [0, 0.05) is 50.0 Å². The van der Waals surface area contributed by atoms with E-state index in [1.165, 1.54) is 6.07 Å². The van der Waals surface area contributed by atoms with Crippen LogP contribution in [0.15, 0.2) is 18.2 Å². The van der Waals surface area contributed by atoms with Crippen LogP contribution in [0.3, 0.4) is 0 Å². The molecule has 0 radical (unpaired) electrons. The van der Waals surface area contributed by atoms with Crippen molar-refractivity contribution in [1.29, 1.82) is 0 Å². The lowest BCUT2D eigenvalue weighted by Gasteiger charge is -2.38. The third-order valence-corrected chi connectivity index (χ3v) is 3.82. The monoisotopic (exact) mass is 279 g/mol. The summed E-state index contributed by atoms with van der Waals surface area (Å²) in [4.78, 5) is 4.74. The molecule has 112 valence electrons. The average molecular weight is 279 g/mol. The van der Waals surface area contributed by atoms with Crippen LogP contribution < -0.4 is 10.6 Å². The number of piperazine rings is 1. The molecule has 0 spiro atoms.